The highest BCUT2D eigenvalue weighted by Gasteiger charge is 2.15. The first kappa shape index (κ1) is 14.5. The van der Waals surface area contributed by atoms with Crippen LogP contribution in [0.1, 0.15) is 18.1 Å². The maximum absolute atomic E-state index is 14.0. The van der Waals surface area contributed by atoms with Crippen LogP contribution in [-0.2, 0) is 6.42 Å². The Morgan fingerprint density at radius 2 is 2.05 bits per heavy atom. The molecular formula is C16H20FN3. The number of hydrogen-bond donors (Lipinski definition) is 1. The van der Waals surface area contributed by atoms with E-state index in [9.17, 15) is 4.39 Å². The third kappa shape index (κ3) is 2.96. The maximum Gasteiger partial charge on any atom is 0.146 e. The Bertz CT molecular complexity index is 584. The molecule has 0 saturated heterocycles. The van der Waals surface area contributed by atoms with Crippen molar-refractivity contribution in [2.24, 2.45) is 5.73 Å². The number of pyridine rings is 1. The van der Waals surface area contributed by atoms with Crippen LogP contribution in [0, 0.1) is 12.7 Å². The van der Waals surface area contributed by atoms with E-state index >= 15 is 0 Å². The average Bonchev–Trinajstić information content (AvgIpc) is 2.44. The molecule has 20 heavy (non-hydrogen) atoms. The molecule has 4 heteroatoms. The Hall–Kier alpha value is -1.94. The lowest BCUT2D eigenvalue weighted by Gasteiger charge is -2.24. The minimum atomic E-state index is -0.235. The number of halogens is 1. The van der Waals surface area contributed by atoms with Crippen LogP contribution in [0.15, 0.2) is 36.5 Å². The summed E-state index contributed by atoms with van der Waals surface area (Å²) >= 11 is 0. The number of anilines is 2. The zero-order chi connectivity index (χ0) is 14.5. The fourth-order valence-corrected chi connectivity index (χ4v) is 2.32. The molecule has 2 N–H and O–H groups in total. The van der Waals surface area contributed by atoms with Crippen molar-refractivity contribution in [3.8, 4) is 0 Å². The third-order valence-corrected chi connectivity index (χ3v) is 3.26. The molecular weight excluding hydrogens is 253 g/mol. The molecule has 0 aliphatic heterocycles. The largest absolute Gasteiger partial charge is 0.330 e. The van der Waals surface area contributed by atoms with Gasteiger partial charge in [-0.3, -0.25) is 0 Å². The molecule has 0 fully saturated rings. The van der Waals surface area contributed by atoms with E-state index in [1.54, 1.807) is 12.1 Å². The van der Waals surface area contributed by atoms with Gasteiger partial charge in [0.25, 0.3) is 0 Å². The summed E-state index contributed by atoms with van der Waals surface area (Å²) in [6, 6.07) is 8.83. The van der Waals surface area contributed by atoms with E-state index in [-0.39, 0.29) is 5.82 Å². The van der Waals surface area contributed by atoms with Gasteiger partial charge in [0.05, 0.1) is 5.69 Å². The molecule has 0 spiro atoms. The second-order valence-electron chi connectivity index (χ2n) is 4.72. The second kappa shape index (κ2) is 6.48. The van der Waals surface area contributed by atoms with Crippen molar-refractivity contribution >= 4 is 11.5 Å². The predicted molar refractivity (Wildman–Crippen MR) is 80.8 cm³/mol. The minimum Gasteiger partial charge on any atom is -0.330 e. The van der Waals surface area contributed by atoms with Crippen molar-refractivity contribution in [1.29, 1.82) is 0 Å². The number of nitrogens with zero attached hydrogens (tertiary/aromatic N) is 2. The summed E-state index contributed by atoms with van der Waals surface area (Å²) in [6.45, 7) is 5.24. The normalized spacial score (nSPS) is 10.6. The zero-order valence-corrected chi connectivity index (χ0v) is 11.9. The van der Waals surface area contributed by atoms with Gasteiger partial charge in [-0.25, -0.2) is 9.37 Å². The van der Waals surface area contributed by atoms with Crippen LogP contribution in [-0.4, -0.2) is 18.1 Å². The number of rotatable bonds is 5. The Balaban J connectivity index is 2.40. The molecule has 0 atom stereocenters. The van der Waals surface area contributed by atoms with Crippen LogP contribution in [0.3, 0.4) is 0 Å². The van der Waals surface area contributed by atoms with E-state index < -0.39 is 0 Å². The molecule has 0 unspecified atom stereocenters. The molecule has 0 bridgehead atoms. The van der Waals surface area contributed by atoms with Gasteiger partial charge < -0.3 is 10.6 Å². The van der Waals surface area contributed by atoms with E-state index in [4.69, 9.17) is 5.73 Å². The molecule has 2 rings (SSSR count). The first-order valence-corrected chi connectivity index (χ1v) is 6.85. The van der Waals surface area contributed by atoms with E-state index in [0.717, 1.165) is 23.4 Å². The molecule has 0 saturated carbocycles. The highest BCUT2D eigenvalue weighted by atomic mass is 19.1. The van der Waals surface area contributed by atoms with Gasteiger partial charge in [-0.1, -0.05) is 18.2 Å². The van der Waals surface area contributed by atoms with Gasteiger partial charge in [-0.05, 0) is 50.1 Å². The van der Waals surface area contributed by atoms with Crippen LogP contribution in [0.4, 0.5) is 15.9 Å². The Labute approximate surface area is 119 Å². The molecule has 106 valence electrons. The summed E-state index contributed by atoms with van der Waals surface area (Å²) in [6.07, 6.45) is 2.62. The standard InChI is InChI=1S/C16H20FN3/c1-3-20(15-7-5-4-6-14(15)17)16-12(2)10-13(8-9-18)11-19-16/h4-7,10-11H,3,8-9,18H2,1-2H3. The lowest BCUT2D eigenvalue weighted by molar-refractivity contribution is 0.625. The molecule has 3 nitrogen and oxygen atoms in total. The quantitative estimate of drug-likeness (QED) is 0.909. The number of nitrogens with two attached hydrogens (primary N) is 1. The summed E-state index contributed by atoms with van der Waals surface area (Å²) in [5.74, 6) is 0.556. The Kier molecular flexibility index (Phi) is 4.69. The van der Waals surface area contributed by atoms with Gasteiger partial charge in [-0.15, -0.1) is 0 Å². The fraction of sp³-hybridized carbons (Fsp3) is 0.312. The molecule has 0 aliphatic carbocycles. The van der Waals surface area contributed by atoms with Crippen molar-refractivity contribution < 1.29 is 4.39 Å². The fourth-order valence-electron chi connectivity index (χ4n) is 2.32. The summed E-state index contributed by atoms with van der Waals surface area (Å²) in [7, 11) is 0. The summed E-state index contributed by atoms with van der Waals surface area (Å²) in [4.78, 5) is 6.38. The third-order valence-electron chi connectivity index (χ3n) is 3.26. The number of aromatic nitrogens is 1. The van der Waals surface area contributed by atoms with Gasteiger partial charge in [0.15, 0.2) is 0 Å². The number of para-hydroxylation sites is 1. The molecule has 0 aliphatic rings. The molecule has 1 aromatic heterocycles. The molecule has 1 aromatic carbocycles. The van der Waals surface area contributed by atoms with Crippen LogP contribution in [0.25, 0.3) is 0 Å². The number of aryl methyl sites for hydroxylation is 1. The van der Waals surface area contributed by atoms with E-state index in [1.807, 2.05) is 31.0 Å². The SMILES string of the molecule is CCN(c1ccccc1F)c1ncc(CCN)cc1C. The molecule has 0 amide bonds. The monoisotopic (exact) mass is 273 g/mol. The van der Waals surface area contributed by atoms with Gasteiger partial charge in [0.1, 0.15) is 11.6 Å². The van der Waals surface area contributed by atoms with Gasteiger partial charge >= 0.3 is 0 Å². The smallest absolute Gasteiger partial charge is 0.146 e. The van der Waals surface area contributed by atoms with Gasteiger partial charge in [-0.2, -0.15) is 0 Å². The van der Waals surface area contributed by atoms with Crippen molar-refractivity contribution in [3.63, 3.8) is 0 Å². The van der Waals surface area contributed by atoms with Crippen molar-refractivity contribution in [2.75, 3.05) is 18.0 Å². The van der Waals surface area contributed by atoms with Crippen LogP contribution >= 0.6 is 0 Å². The zero-order valence-electron chi connectivity index (χ0n) is 11.9. The van der Waals surface area contributed by atoms with Crippen molar-refractivity contribution in [1.82, 2.24) is 4.98 Å². The highest BCUT2D eigenvalue weighted by molar-refractivity contribution is 5.63. The van der Waals surface area contributed by atoms with Crippen LogP contribution in [0.2, 0.25) is 0 Å². The second-order valence-corrected chi connectivity index (χ2v) is 4.72. The highest BCUT2D eigenvalue weighted by Crippen LogP contribution is 2.28. The molecule has 2 aromatic rings. The minimum absolute atomic E-state index is 0.235. The van der Waals surface area contributed by atoms with Crippen molar-refractivity contribution in [2.45, 2.75) is 20.3 Å². The topological polar surface area (TPSA) is 42.2 Å². The Morgan fingerprint density at radius 1 is 1.30 bits per heavy atom. The number of benzene rings is 1. The molecule has 1 heterocycles. The van der Waals surface area contributed by atoms with Gasteiger partial charge in [0.2, 0.25) is 0 Å². The average molecular weight is 273 g/mol. The summed E-state index contributed by atoms with van der Waals surface area (Å²) in [5, 5.41) is 0. The van der Waals surface area contributed by atoms with Crippen LogP contribution in [0.5, 0.6) is 0 Å². The molecule has 0 radical (unpaired) electrons. The van der Waals surface area contributed by atoms with Gasteiger partial charge in [0, 0.05) is 12.7 Å². The predicted octanol–water partition coefficient (Wildman–Crippen LogP) is 3.19. The summed E-state index contributed by atoms with van der Waals surface area (Å²) in [5.41, 5.74) is 8.25. The first-order valence-electron chi connectivity index (χ1n) is 6.85. The summed E-state index contributed by atoms with van der Waals surface area (Å²) < 4.78 is 14.0. The lowest BCUT2D eigenvalue weighted by atomic mass is 10.1. The van der Waals surface area contributed by atoms with E-state index in [1.165, 1.54) is 6.07 Å². The van der Waals surface area contributed by atoms with E-state index in [2.05, 4.69) is 11.1 Å². The lowest BCUT2D eigenvalue weighted by Crippen LogP contribution is -2.20. The maximum atomic E-state index is 14.0. The Morgan fingerprint density at radius 3 is 2.65 bits per heavy atom. The van der Waals surface area contributed by atoms with Crippen molar-refractivity contribution in [3.05, 3.63) is 53.5 Å². The number of hydrogen-bond acceptors (Lipinski definition) is 3. The van der Waals surface area contributed by atoms with E-state index in [0.29, 0.717) is 18.8 Å². The first-order chi connectivity index (χ1) is 9.67. The van der Waals surface area contributed by atoms with Crippen LogP contribution < -0.4 is 10.6 Å².